The van der Waals surface area contributed by atoms with Gasteiger partial charge in [-0.25, -0.2) is 0 Å². The Morgan fingerprint density at radius 2 is 1.90 bits per heavy atom. The number of benzene rings is 1. The third kappa shape index (κ3) is 5.10. The number of nitrogens with one attached hydrogen (secondary N) is 1. The Morgan fingerprint density at radius 3 is 2.48 bits per heavy atom. The summed E-state index contributed by atoms with van der Waals surface area (Å²) in [6.45, 7) is 8.89. The van der Waals surface area contributed by atoms with Crippen LogP contribution in [0.1, 0.15) is 38.7 Å². The van der Waals surface area contributed by atoms with Gasteiger partial charge in [0.25, 0.3) is 0 Å². The molecular formula is C18H30N2O. The minimum absolute atomic E-state index is 0.0289. The van der Waals surface area contributed by atoms with Crippen molar-refractivity contribution in [1.82, 2.24) is 10.2 Å². The van der Waals surface area contributed by atoms with E-state index in [9.17, 15) is 5.11 Å². The van der Waals surface area contributed by atoms with Gasteiger partial charge in [0.1, 0.15) is 0 Å². The summed E-state index contributed by atoms with van der Waals surface area (Å²) in [5.41, 5.74) is 1.43. The van der Waals surface area contributed by atoms with Crippen molar-refractivity contribution in [1.29, 1.82) is 0 Å². The molecule has 1 atom stereocenters. The van der Waals surface area contributed by atoms with Crippen molar-refractivity contribution in [2.45, 2.75) is 45.7 Å². The van der Waals surface area contributed by atoms with Crippen LogP contribution in [0.4, 0.5) is 0 Å². The number of hydrogen-bond acceptors (Lipinski definition) is 3. The van der Waals surface area contributed by atoms with Gasteiger partial charge in [0.05, 0.1) is 0 Å². The van der Waals surface area contributed by atoms with Crippen molar-refractivity contribution in [2.75, 3.05) is 26.2 Å². The molecule has 0 radical (unpaired) electrons. The topological polar surface area (TPSA) is 35.5 Å². The summed E-state index contributed by atoms with van der Waals surface area (Å²) in [6.07, 6.45) is 3.43. The number of hydrogen-bond donors (Lipinski definition) is 2. The fourth-order valence-electron chi connectivity index (χ4n) is 2.82. The van der Waals surface area contributed by atoms with E-state index in [2.05, 4.69) is 54.4 Å². The maximum atomic E-state index is 9.47. The third-order valence-corrected chi connectivity index (χ3v) is 4.89. The molecule has 2 N–H and O–H groups in total. The van der Waals surface area contributed by atoms with Crippen molar-refractivity contribution in [3.63, 3.8) is 0 Å². The molecule has 118 valence electrons. The molecule has 0 saturated carbocycles. The zero-order valence-corrected chi connectivity index (χ0v) is 13.5. The molecule has 0 amide bonds. The van der Waals surface area contributed by atoms with Gasteiger partial charge >= 0.3 is 0 Å². The van der Waals surface area contributed by atoms with E-state index in [0.29, 0.717) is 6.04 Å². The van der Waals surface area contributed by atoms with Crippen molar-refractivity contribution >= 4 is 0 Å². The van der Waals surface area contributed by atoms with Crippen LogP contribution in [0.25, 0.3) is 0 Å². The first kappa shape index (κ1) is 16.5. The van der Waals surface area contributed by atoms with Gasteiger partial charge in [0, 0.05) is 31.2 Å². The second-order valence-electron chi connectivity index (χ2n) is 6.74. The Hall–Kier alpha value is -0.900. The van der Waals surface area contributed by atoms with E-state index in [4.69, 9.17) is 0 Å². The molecule has 0 bridgehead atoms. The normalized spacial score (nSPS) is 20.3. The molecule has 2 rings (SSSR count). The Kier molecular flexibility index (Phi) is 6.22. The minimum atomic E-state index is 0.0289. The summed E-state index contributed by atoms with van der Waals surface area (Å²) >= 11 is 0. The summed E-state index contributed by atoms with van der Waals surface area (Å²) in [6, 6.07) is 11.3. The van der Waals surface area contributed by atoms with Crippen LogP contribution in [-0.4, -0.2) is 42.3 Å². The molecule has 21 heavy (non-hydrogen) atoms. The standard InChI is InChI=1S/C18H30N2O/c1-3-18(2,15-21)14-19-17-9-11-20(12-10-17)13-16-7-5-4-6-8-16/h4-8,17,19,21H,3,9-15H2,1-2H3. The largest absolute Gasteiger partial charge is 0.396 e. The highest BCUT2D eigenvalue weighted by Gasteiger charge is 2.24. The first-order valence-corrected chi connectivity index (χ1v) is 8.26. The Labute approximate surface area is 129 Å². The Bertz CT molecular complexity index is 395. The zero-order valence-electron chi connectivity index (χ0n) is 13.5. The number of aliphatic hydroxyl groups is 1. The van der Waals surface area contributed by atoms with Gasteiger partial charge in [-0.05, 0) is 37.9 Å². The number of piperidine rings is 1. The predicted octanol–water partition coefficient (Wildman–Crippen LogP) is 2.65. The lowest BCUT2D eigenvalue weighted by molar-refractivity contribution is 0.121. The Balaban J connectivity index is 1.71. The lowest BCUT2D eigenvalue weighted by Crippen LogP contribution is -2.46. The van der Waals surface area contributed by atoms with E-state index in [1.54, 1.807) is 0 Å². The predicted molar refractivity (Wildman–Crippen MR) is 88.2 cm³/mol. The molecule has 3 nitrogen and oxygen atoms in total. The monoisotopic (exact) mass is 290 g/mol. The van der Waals surface area contributed by atoms with Crippen LogP contribution in [0.15, 0.2) is 30.3 Å². The smallest absolute Gasteiger partial charge is 0.0496 e. The van der Waals surface area contributed by atoms with Gasteiger partial charge in [-0.15, -0.1) is 0 Å². The van der Waals surface area contributed by atoms with Gasteiger partial charge in [-0.3, -0.25) is 4.90 Å². The number of rotatable bonds is 7. The number of aliphatic hydroxyl groups excluding tert-OH is 1. The fourth-order valence-corrected chi connectivity index (χ4v) is 2.82. The summed E-state index contributed by atoms with van der Waals surface area (Å²) < 4.78 is 0. The first-order chi connectivity index (χ1) is 10.1. The molecule has 3 heteroatoms. The van der Waals surface area contributed by atoms with E-state index in [1.165, 1.54) is 18.4 Å². The van der Waals surface area contributed by atoms with Crippen LogP contribution in [0.5, 0.6) is 0 Å². The van der Waals surface area contributed by atoms with Crippen molar-refractivity contribution < 1.29 is 5.11 Å². The van der Waals surface area contributed by atoms with Crippen LogP contribution < -0.4 is 5.32 Å². The van der Waals surface area contributed by atoms with Crippen LogP contribution >= 0.6 is 0 Å². The molecule has 1 aliphatic heterocycles. The second-order valence-corrected chi connectivity index (χ2v) is 6.74. The van der Waals surface area contributed by atoms with Gasteiger partial charge in [0.2, 0.25) is 0 Å². The molecular weight excluding hydrogens is 260 g/mol. The second kappa shape index (κ2) is 7.92. The number of nitrogens with zero attached hydrogens (tertiary/aromatic N) is 1. The molecule has 0 aromatic heterocycles. The molecule has 1 aromatic carbocycles. The first-order valence-electron chi connectivity index (χ1n) is 8.26. The quantitative estimate of drug-likeness (QED) is 0.810. The maximum absolute atomic E-state index is 9.47. The van der Waals surface area contributed by atoms with Gasteiger partial charge in [-0.1, -0.05) is 44.2 Å². The van der Waals surface area contributed by atoms with Crippen molar-refractivity contribution in [3.8, 4) is 0 Å². The molecule has 0 aliphatic carbocycles. The fraction of sp³-hybridized carbons (Fsp3) is 0.667. The van der Waals surface area contributed by atoms with Crippen molar-refractivity contribution in [3.05, 3.63) is 35.9 Å². The molecule has 1 heterocycles. The van der Waals surface area contributed by atoms with E-state index < -0.39 is 0 Å². The van der Waals surface area contributed by atoms with Crippen LogP contribution in [0.2, 0.25) is 0 Å². The highest BCUT2D eigenvalue weighted by atomic mass is 16.3. The Morgan fingerprint density at radius 1 is 1.24 bits per heavy atom. The molecule has 0 spiro atoms. The van der Waals surface area contributed by atoms with Crippen LogP contribution in [0, 0.1) is 5.41 Å². The average Bonchev–Trinajstić information content (AvgIpc) is 2.55. The highest BCUT2D eigenvalue weighted by Crippen LogP contribution is 2.20. The third-order valence-electron chi connectivity index (χ3n) is 4.89. The van der Waals surface area contributed by atoms with Gasteiger partial charge in [0.15, 0.2) is 0 Å². The molecule has 1 fully saturated rings. The minimum Gasteiger partial charge on any atom is -0.396 e. The van der Waals surface area contributed by atoms with Crippen LogP contribution in [-0.2, 0) is 6.54 Å². The lowest BCUT2D eigenvalue weighted by Gasteiger charge is -2.35. The van der Waals surface area contributed by atoms with Gasteiger partial charge in [-0.2, -0.15) is 0 Å². The van der Waals surface area contributed by atoms with E-state index in [-0.39, 0.29) is 12.0 Å². The highest BCUT2D eigenvalue weighted by molar-refractivity contribution is 5.14. The molecule has 1 aromatic rings. The van der Waals surface area contributed by atoms with E-state index in [0.717, 1.165) is 32.6 Å². The van der Waals surface area contributed by atoms with Crippen LogP contribution in [0.3, 0.4) is 0 Å². The van der Waals surface area contributed by atoms with E-state index in [1.807, 2.05) is 0 Å². The van der Waals surface area contributed by atoms with E-state index >= 15 is 0 Å². The summed E-state index contributed by atoms with van der Waals surface area (Å²) in [7, 11) is 0. The summed E-state index contributed by atoms with van der Waals surface area (Å²) in [4.78, 5) is 2.54. The maximum Gasteiger partial charge on any atom is 0.0496 e. The number of likely N-dealkylation sites (tertiary alicyclic amines) is 1. The summed E-state index contributed by atoms with van der Waals surface area (Å²) in [5, 5.41) is 13.1. The molecule has 1 aliphatic rings. The molecule has 1 saturated heterocycles. The summed E-state index contributed by atoms with van der Waals surface area (Å²) in [5.74, 6) is 0. The SMILES string of the molecule is CCC(C)(CO)CNC1CCN(Cc2ccccc2)CC1. The molecule has 1 unspecified atom stereocenters. The zero-order chi connectivity index (χ0) is 15.1. The lowest BCUT2D eigenvalue weighted by atomic mass is 9.88. The van der Waals surface area contributed by atoms with Gasteiger partial charge < -0.3 is 10.4 Å². The average molecular weight is 290 g/mol. The van der Waals surface area contributed by atoms with Crippen molar-refractivity contribution in [2.24, 2.45) is 5.41 Å².